The lowest BCUT2D eigenvalue weighted by molar-refractivity contribution is -0.145. The molecule has 2 aromatic carbocycles. The van der Waals surface area contributed by atoms with Crippen molar-refractivity contribution in [1.29, 1.82) is 0 Å². The van der Waals surface area contributed by atoms with Gasteiger partial charge in [0.25, 0.3) is 0 Å². The molecule has 0 aliphatic rings. The number of hydrogen-bond donors (Lipinski definition) is 1. The maximum Gasteiger partial charge on any atom is 0.345 e. The van der Waals surface area contributed by atoms with Crippen molar-refractivity contribution in [2.24, 2.45) is 0 Å². The average molecular weight is 311 g/mol. The molecule has 104 valence electrons. The van der Waals surface area contributed by atoms with E-state index in [0.29, 0.717) is 15.8 Å². The Morgan fingerprint density at radius 3 is 2.40 bits per heavy atom. The molecule has 0 aromatic heterocycles. The molecule has 1 atom stereocenters. The van der Waals surface area contributed by atoms with E-state index in [-0.39, 0.29) is 6.42 Å². The van der Waals surface area contributed by atoms with Gasteiger partial charge in [-0.05, 0) is 29.8 Å². The number of rotatable bonds is 5. The minimum Gasteiger partial charge on any atom is -0.478 e. The third kappa shape index (κ3) is 3.89. The first-order valence-electron chi connectivity index (χ1n) is 5.94. The predicted molar refractivity (Wildman–Crippen MR) is 78.7 cm³/mol. The molecule has 0 amide bonds. The van der Waals surface area contributed by atoms with Crippen molar-refractivity contribution in [3.63, 3.8) is 0 Å². The molecule has 0 spiro atoms. The summed E-state index contributed by atoms with van der Waals surface area (Å²) in [6.45, 7) is 0. The highest BCUT2D eigenvalue weighted by Gasteiger charge is 2.20. The summed E-state index contributed by atoms with van der Waals surface area (Å²) in [4.78, 5) is 11.3. The summed E-state index contributed by atoms with van der Waals surface area (Å²) in [5.41, 5.74) is 0.753. The average Bonchev–Trinajstić information content (AvgIpc) is 2.43. The van der Waals surface area contributed by atoms with Crippen LogP contribution in [0.3, 0.4) is 0 Å². The van der Waals surface area contributed by atoms with Crippen LogP contribution >= 0.6 is 23.2 Å². The first kappa shape index (κ1) is 14.7. The van der Waals surface area contributed by atoms with E-state index < -0.39 is 12.1 Å². The monoisotopic (exact) mass is 310 g/mol. The molecule has 0 saturated heterocycles. The van der Waals surface area contributed by atoms with Gasteiger partial charge in [-0.2, -0.15) is 0 Å². The van der Waals surface area contributed by atoms with Crippen molar-refractivity contribution in [2.45, 2.75) is 12.5 Å². The van der Waals surface area contributed by atoms with E-state index in [1.165, 1.54) is 0 Å². The Morgan fingerprint density at radius 1 is 1.10 bits per heavy atom. The van der Waals surface area contributed by atoms with Crippen LogP contribution in [-0.4, -0.2) is 17.2 Å². The van der Waals surface area contributed by atoms with Gasteiger partial charge in [0.05, 0.1) is 10.0 Å². The Labute approximate surface area is 126 Å². The Hall–Kier alpha value is -1.71. The number of aliphatic carboxylic acids is 1. The summed E-state index contributed by atoms with van der Waals surface area (Å²) in [5, 5.41) is 10.1. The molecule has 2 aromatic rings. The number of ether oxygens (including phenoxy) is 1. The zero-order valence-corrected chi connectivity index (χ0v) is 11.9. The molecule has 0 bridgehead atoms. The zero-order valence-electron chi connectivity index (χ0n) is 10.4. The van der Waals surface area contributed by atoms with Crippen LogP contribution in [0.5, 0.6) is 5.75 Å². The Morgan fingerprint density at radius 2 is 1.80 bits per heavy atom. The van der Waals surface area contributed by atoms with E-state index in [1.54, 1.807) is 42.5 Å². The quantitative estimate of drug-likeness (QED) is 0.905. The second kappa shape index (κ2) is 6.64. The van der Waals surface area contributed by atoms with Crippen LogP contribution in [0.1, 0.15) is 5.56 Å². The number of para-hydroxylation sites is 1. The summed E-state index contributed by atoms with van der Waals surface area (Å²) in [6, 6.07) is 13.9. The van der Waals surface area contributed by atoms with Gasteiger partial charge in [-0.25, -0.2) is 4.79 Å². The number of carbonyl (C=O) groups is 1. The van der Waals surface area contributed by atoms with Crippen LogP contribution in [0.4, 0.5) is 0 Å². The Kier molecular flexibility index (Phi) is 4.88. The molecule has 1 unspecified atom stereocenters. The maximum absolute atomic E-state index is 11.3. The van der Waals surface area contributed by atoms with E-state index in [1.807, 2.05) is 6.07 Å². The van der Waals surface area contributed by atoms with E-state index in [0.717, 1.165) is 5.56 Å². The lowest BCUT2D eigenvalue weighted by Gasteiger charge is -2.15. The highest BCUT2D eigenvalue weighted by atomic mass is 35.5. The van der Waals surface area contributed by atoms with E-state index in [9.17, 15) is 9.90 Å². The van der Waals surface area contributed by atoms with Gasteiger partial charge in [0.2, 0.25) is 0 Å². The number of benzene rings is 2. The molecule has 1 N–H and O–H groups in total. The predicted octanol–water partition coefficient (Wildman–Crippen LogP) is 4.07. The summed E-state index contributed by atoms with van der Waals surface area (Å²) < 4.78 is 5.47. The molecular formula is C15H12Cl2O3. The fourth-order valence-corrected chi connectivity index (χ4v) is 2.04. The Bertz CT molecular complexity index is 599. The summed E-state index contributed by atoms with van der Waals surface area (Å²) in [7, 11) is 0. The molecule has 2 rings (SSSR count). The van der Waals surface area contributed by atoms with Gasteiger partial charge in [-0.15, -0.1) is 0 Å². The second-order valence-electron chi connectivity index (χ2n) is 4.21. The lowest BCUT2D eigenvalue weighted by Crippen LogP contribution is -2.29. The first-order chi connectivity index (χ1) is 9.56. The number of halogens is 2. The smallest absolute Gasteiger partial charge is 0.345 e. The van der Waals surface area contributed by atoms with Crippen LogP contribution < -0.4 is 4.74 Å². The molecule has 0 aliphatic heterocycles. The minimum atomic E-state index is -1.03. The number of hydrogen-bond acceptors (Lipinski definition) is 2. The topological polar surface area (TPSA) is 46.5 Å². The molecule has 0 aliphatic carbocycles. The lowest BCUT2D eigenvalue weighted by atomic mass is 10.1. The third-order valence-electron chi connectivity index (χ3n) is 2.70. The summed E-state index contributed by atoms with van der Waals surface area (Å²) in [6.07, 6.45) is -0.768. The van der Waals surface area contributed by atoms with Crippen LogP contribution in [0.2, 0.25) is 10.0 Å². The van der Waals surface area contributed by atoms with Crippen molar-refractivity contribution in [3.8, 4) is 5.75 Å². The molecule has 5 heteroatoms. The fourth-order valence-electron chi connectivity index (χ4n) is 1.72. The van der Waals surface area contributed by atoms with Gasteiger partial charge in [0.1, 0.15) is 5.75 Å². The molecule has 20 heavy (non-hydrogen) atoms. The first-order valence-corrected chi connectivity index (χ1v) is 6.70. The normalized spacial score (nSPS) is 11.9. The van der Waals surface area contributed by atoms with Gasteiger partial charge in [-0.1, -0.05) is 47.5 Å². The van der Waals surface area contributed by atoms with Crippen molar-refractivity contribution < 1.29 is 14.6 Å². The van der Waals surface area contributed by atoms with Crippen LogP contribution in [0, 0.1) is 0 Å². The fraction of sp³-hybridized carbons (Fsp3) is 0.133. The molecule has 0 fully saturated rings. The molecular weight excluding hydrogens is 299 g/mol. The highest BCUT2D eigenvalue weighted by molar-refractivity contribution is 6.42. The van der Waals surface area contributed by atoms with Crippen molar-refractivity contribution in [2.75, 3.05) is 0 Å². The third-order valence-corrected chi connectivity index (χ3v) is 3.44. The van der Waals surface area contributed by atoms with Gasteiger partial charge in [-0.3, -0.25) is 0 Å². The van der Waals surface area contributed by atoms with Gasteiger partial charge < -0.3 is 9.84 Å². The van der Waals surface area contributed by atoms with E-state index >= 15 is 0 Å². The number of carboxylic acids is 1. The SMILES string of the molecule is O=C(O)C(Cc1ccc(Cl)c(Cl)c1)Oc1ccccc1. The molecule has 3 nitrogen and oxygen atoms in total. The zero-order chi connectivity index (χ0) is 14.5. The second-order valence-corrected chi connectivity index (χ2v) is 5.02. The van der Waals surface area contributed by atoms with Crippen molar-refractivity contribution >= 4 is 29.2 Å². The largest absolute Gasteiger partial charge is 0.478 e. The standard InChI is InChI=1S/C15H12Cl2O3/c16-12-7-6-10(8-13(12)17)9-14(15(18)19)20-11-4-2-1-3-5-11/h1-8,14H,9H2,(H,18,19). The highest BCUT2D eigenvalue weighted by Crippen LogP contribution is 2.24. The van der Waals surface area contributed by atoms with E-state index in [2.05, 4.69) is 0 Å². The van der Waals surface area contributed by atoms with Crippen LogP contribution in [0.25, 0.3) is 0 Å². The van der Waals surface area contributed by atoms with Crippen LogP contribution in [-0.2, 0) is 11.2 Å². The van der Waals surface area contributed by atoms with Crippen molar-refractivity contribution in [3.05, 3.63) is 64.1 Å². The summed E-state index contributed by atoms with van der Waals surface area (Å²) >= 11 is 11.7. The van der Waals surface area contributed by atoms with E-state index in [4.69, 9.17) is 27.9 Å². The van der Waals surface area contributed by atoms with Crippen molar-refractivity contribution in [1.82, 2.24) is 0 Å². The Balaban J connectivity index is 2.13. The van der Waals surface area contributed by atoms with Gasteiger partial charge in [0, 0.05) is 6.42 Å². The van der Waals surface area contributed by atoms with Gasteiger partial charge >= 0.3 is 5.97 Å². The summed E-state index contributed by atoms with van der Waals surface area (Å²) in [5.74, 6) is -0.514. The number of carboxylic acid groups (broad SMARTS) is 1. The molecule has 0 saturated carbocycles. The minimum absolute atomic E-state index is 0.209. The van der Waals surface area contributed by atoms with Crippen LogP contribution in [0.15, 0.2) is 48.5 Å². The van der Waals surface area contributed by atoms with Gasteiger partial charge in [0.15, 0.2) is 6.10 Å². The maximum atomic E-state index is 11.3. The molecule has 0 heterocycles. The molecule has 0 radical (unpaired) electrons.